The van der Waals surface area contributed by atoms with Crippen molar-refractivity contribution in [1.82, 2.24) is 8.87 Å². The molecule has 0 atom stereocenters. The highest BCUT2D eigenvalue weighted by Gasteiger charge is 2.26. The van der Waals surface area contributed by atoms with Gasteiger partial charge in [0.15, 0.2) is 16.3 Å². The molecule has 2 heterocycles. The van der Waals surface area contributed by atoms with E-state index in [0.717, 1.165) is 10.2 Å². The summed E-state index contributed by atoms with van der Waals surface area (Å²) in [6, 6.07) is 9.52. The fraction of sp³-hybridized carbons (Fsp3) is 0.333. The number of rotatable bonds is 5. The van der Waals surface area contributed by atoms with Crippen molar-refractivity contribution in [2.75, 3.05) is 40.5 Å². The molecule has 4 rings (SSSR count). The van der Waals surface area contributed by atoms with Crippen molar-refractivity contribution in [3.8, 4) is 11.5 Å². The average molecular weight is 478 g/mol. The van der Waals surface area contributed by atoms with Crippen LogP contribution in [-0.4, -0.2) is 63.7 Å². The molecule has 1 fully saturated rings. The second-order valence-electron chi connectivity index (χ2n) is 7.08. The highest BCUT2D eigenvalue weighted by Crippen LogP contribution is 2.33. The lowest BCUT2D eigenvalue weighted by atomic mass is 10.2. The summed E-state index contributed by atoms with van der Waals surface area (Å²) in [6.45, 7) is 1.38. The lowest BCUT2D eigenvalue weighted by molar-refractivity contribution is 0.0730. The Hall–Kier alpha value is -2.73. The minimum Gasteiger partial charge on any atom is -0.493 e. The Kier molecular flexibility index (Phi) is 6.33. The number of hydrogen-bond donors (Lipinski definition) is 0. The Bertz CT molecular complexity index is 1320. The van der Waals surface area contributed by atoms with E-state index in [-0.39, 0.29) is 4.90 Å². The third kappa shape index (κ3) is 4.16. The van der Waals surface area contributed by atoms with Crippen LogP contribution in [0.3, 0.4) is 0 Å². The first-order chi connectivity index (χ1) is 15.3. The number of ether oxygens (including phenoxy) is 3. The number of nitrogens with zero attached hydrogens (tertiary/aromatic N) is 3. The second-order valence-corrected chi connectivity index (χ2v) is 10.0. The van der Waals surface area contributed by atoms with Crippen molar-refractivity contribution < 1.29 is 27.4 Å². The van der Waals surface area contributed by atoms with Crippen molar-refractivity contribution in [1.29, 1.82) is 0 Å². The van der Waals surface area contributed by atoms with Gasteiger partial charge in [0.05, 0.1) is 42.5 Å². The van der Waals surface area contributed by atoms with E-state index in [9.17, 15) is 13.2 Å². The third-order valence-electron chi connectivity index (χ3n) is 5.22. The van der Waals surface area contributed by atoms with Crippen LogP contribution in [0.25, 0.3) is 10.2 Å². The van der Waals surface area contributed by atoms with Crippen LogP contribution >= 0.6 is 11.3 Å². The summed E-state index contributed by atoms with van der Waals surface area (Å²) in [5, 5.41) is 0. The largest absolute Gasteiger partial charge is 0.493 e. The van der Waals surface area contributed by atoms with Gasteiger partial charge in [0.2, 0.25) is 10.0 Å². The van der Waals surface area contributed by atoms with Gasteiger partial charge in [0.1, 0.15) is 0 Å². The fourth-order valence-corrected chi connectivity index (χ4v) is 5.85. The molecule has 0 saturated carbocycles. The van der Waals surface area contributed by atoms with Crippen LogP contribution in [0.2, 0.25) is 0 Å². The van der Waals surface area contributed by atoms with Crippen molar-refractivity contribution in [2.24, 2.45) is 12.0 Å². The molecule has 32 heavy (non-hydrogen) atoms. The first kappa shape index (κ1) is 22.5. The molecule has 1 aliphatic rings. The van der Waals surface area contributed by atoms with E-state index in [1.54, 1.807) is 18.8 Å². The number of carbonyl (C=O) groups is 1. The topological polar surface area (TPSA) is 99.4 Å². The number of benzene rings is 2. The Balaban J connectivity index is 1.63. The maximum absolute atomic E-state index is 12.8. The van der Waals surface area contributed by atoms with E-state index >= 15 is 0 Å². The van der Waals surface area contributed by atoms with Crippen LogP contribution in [0.15, 0.2) is 46.3 Å². The molecule has 0 bridgehead atoms. The predicted molar refractivity (Wildman–Crippen MR) is 120 cm³/mol. The zero-order chi connectivity index (χ0) is 22.9. The summed E-state index contributed by atoms with van der Waals surface area (Å²) in [6.07, 6.45) is 0. The second kappa shape index (κ2) is 9.02. The zero-order valence-corrected chi connectivity index (χ0v) is 19.5. The van der Waals surface area contributed by atoms with Crippen LogP contribution in [0, 0.1) is 0 Å². The number of fused-ring (bicyclic) bond motifs is 1. The minimum absolute atomic E-state index is 0.141. The van der Waals surface area contributed by atoms with Crippen LogP contribution in [0.1, 0.15) is 10.4 Å². The molecule has 11 heteroatoms. The van der Waals surface area contributed by atoms with Gasteiger partial charge in [0, 0.05) is 37.8 Å². The number of aryl methyl sites for hydroxylation is 1. The molecule has 1 aliphatic heterocycles. The molecule has 170 valence electrons. The zero-order valence-electron chi connectivity index (χ0n) is 17.9. The van der Waals surface area contributed by atoms with E-state index in [1.165, 1.54) is 39.9 Å². The quantitative estimate of drug-likeness (QED) is 0.558. The molecule has 1 saturated heterocycles. The third-order valence-corrected chi connectivity index (χ3v) is 8.23. The maximum Gasteiger partial charge on any atom is 0.279 e. The van der Waals surface area contributed by atoms with Gasteiger partial charge in [-0.05, 0) is 24.3 Å². The summed E-state index contributed by atoms with van der Waals surface area (Å²) < 4.78 is 45.5. The molecule has 1 amide bonds. The first-order valence-corrected chi connectivity index (χ1v) is 12.1. The van der Waals surface area contributed by atoms with Crippen LogP contribution in [0.5, 0.6) is 11.5 Å². The maximum atomic E-state index is 12.8. The van der Waals surface area contributed by atoms with E-state index in [1.807, 2.05) is 19.2 Å². The van der Waals surface area contributed by atoms with E-state index in [2.05, 4.69) is 4.99 Å². The van der Waals surface area contributed by atoms with E-state index in [0.29, 0.717) is 48.2 Å². The number of sulfonamides is 1. The summed E-state index contributed by atoms with van der Waals surface area (Å²) >= 11 is 1.35. The van der Waals surface area contributed by atoms with Crippen molar-refractivity contribution in [3.05, 3.63) is 46.8 Å². The summed E-state index contributed by atoms with van der Waals surface area (Å²) in [5.74, 6) is 0.724. The van der Waals surface area contributed by atoms with Crippen molar-refractivity contribution in [3.63, 3.8) is 0 Å². The molecule has 0 N–H and O–H groups in total. The van der Waals surface area contributed by atoms with Gasteiger partial charge < -0.3 is 18.8 Å². The van der Waals surface area contributed by atoms with Gasteiger partial charge >= 0.3 is 0 Å². The minimum atomic E-state index is -3.62. The van der Waals surface area contributed by atoms with Crippen LogP contribution in [-0.2, 0) is 21.8 Å². The number of morpholine rings is 1. The Morgan fingerprint density at radius 2 is 1.69 bits per heavy atom. The normalized spacial score (nSPS) is 15.8. The smallest absolute Gasteiger partial charge is 0.279 e. The average Bonchev–Trinajstić information content (AvgIpc) is 3.12. The Morgan fingerprint density at radius 3 is 2.31 bits per heavy atom. The van der Waals surface area contributed by atoms with Gasteiger partial charge in [-0.2, -0.15) is 9.30 Å². The molecular formula is C21H23N3O6S2. The molecule has 1 aromatic heterocycles. The van der Waals surface area contributed by atoms with E-state index in [4.69, 9.17) is 14.2 Å². The molecule has 0 unspecified atom stereocenters. The highest BCUT2D eigenvalue weighted by atomic mass is 32.2. The van der Waals surface area contributed by atoms with Crippen molar-refractivity contribution in [2.45, 2.75) is 4.90 Å². The van der Waals surface area contributed by atoms with Gasteiger partial charge in [-0.3, -0.25) is 4.79 Å². The monoisotopic (exact) mass is 477 g/mol. The van der Waals surface area contributed by atoms with Gasteiger partial charge in [0.25, 0.3) is 5.91 Å². The molecule has 2 aromatic carbocycles. The molecule has 9 nitrogen and oxygen atoms in total. The van der Waals surface area contributed by atoms with Gasteiger partial charge in [-0.1, -0.05) is 11.3 Å². The Labute approximate surface area is 189 Å². The fourth-order valence-electron chi connectivity index (χ4n) is 3.42. The first-order valence-electron chi connectivity index (χ1n) is 9.83. The molecular weight excluding hydrogens is 454 g/mol. The Morgan fingerprint density at radius 1 is 1.06 bits per heavy atom. The number of aromatic nitrogens is 1. The highest BCUT2D eigenvalue weighted by molar-refractivity contribution is 7.89. The van der Waals surface area contributed by atoms with Crippen LogP contribution in [0.4, 0.5) is 0 Å². The van der Waals surface area contributed by atoms with Gasteiger partial charge in [-0.15, -0.1) is 0 Å². The molecule has 0 aliphatic carbocycles. The number of thiazole rings is 1. The lowest BCUT2D eigenvalue weighted by Crippen LogP contribution is -2.40. The summed E-state index contributed by atoms with van der Waals surface area (Å²) in [4.78, 5) is 17.6. The van der Waals surface area contributed by atoms with Crippen LogP contribution < -0.4 is 14.3 Å². The number of methoxy groups -OCH3 is 2. The number of amides is 1. The lowest BCUT2D eigenvalue weighted by Gasteiger charge is -2.26. The predicted octanol–water partition coefficient (Wildman–Crippen LogP) is 2.02. The SMILES string of the molecule is COc1cc2sc(=NC(=O)c3ccc(S(=O)(=O)N4CCOCC4)cc3)n(C)c2cc1OC. The summed E-state index contributed by atoms with van der Waals surface area (Å²) in [7, 11) is 1.33. The van der Waals surface area contributed by atoms with E-state index < -0.39 is 15.9 Å². The van der Waals surface area contributed by atoms with Crippen molar-refractivity contribution >= 4 is 37.5 Å². The molecule has 3 aromatic rings. The number of carbonyl (C=O) groups excluding carboxylic acids is 1. The molecule has 0 spiro atoms. The number of hydrogen-bond acceptors (Lipinski definition) is 7. The standard InChI is InChI=1S/C21H23N3O6S2/c1-23-16-12-17(28-2)18(29-3)13-19(16)31-21(23)22-20(25)14-4-6-15(7-5-14)32(26,27)24-8-10-30-11-9-24/h4-7,12-13H,8-11H2,1-3H3. The molecule has 0 radical (unpaired) electrons. The van der Waals surface area contributed by atoms with Gasteiger partial charge in [-0.25, -0.2) is 8.42 Å². The summed E-state index contributed by atoms with van der Waals surface area (Å²) in [5.41, 5.74) is 1.16.